The highest BCUT2D eigenvalue weighted by Gasteiger charge is 2.51. The van der Waals surface area contributed by atoms with E-state index in [0.717, 1.165) is 23.7 Å². The Bertz CT molecular complexity index is 202. The van der Waals surface area contributed by atoms with E-state index in [1.165, 1.54) is 6.42 Å². The third kappa shape index (κ3) is 1.97. The van der Waals surface area contributed by atoms with Crippen molar-refractivity contribution in [3.05, 3.63) is 0 Å². The average molecular weight is 210 g/mol. The monoisotopic (exact) mass is 210 g/mol. The Labute approximate surface area is 96.8 Å². The molecule has 0 radical (unpaired) electrons. The zero-order valence-electron chi connectivity index (χ0n) is 12.0. The van der Waals surface area contributed by atoms with Crippen LogP contribution in [-0.4, -0.2) is 0 Å². The van der Waals surface area contributed by atoms with Crippen molar-refractivity contribution in [1.29, 1.82) is 0 Å². The molecule has 0 saturated heterocycles. The first kappa shape index (κ1) is 13.1. The molecule has 0 amide bonds. The average Bonchev–Trinajstić information content (AvgIpc) is 1.99. The summed E-state index contributed by atoms with van der Waals surface area (Å²) < 4.78 is 0. The van der Waals surface area contributed by atoms with Crippen molar-refractivity contribution < 1.29 is 0 Å². The Balaban J connectivity index is 3.11. The van der Waals surface area contributed by atoms with Gasteiger partial charge in [0.15, 0.2) is 0 Å². The standard InChI is InChI=1S/C15H30/c1-10(2)13-14(5,6)11(3)9-12(4)15(13,7)8/h10-13H,9H2,1-8H3. The molecule has 0 aliphatic heterocycles. The van der Waals surface area contributed by atoms with Gasteiger partial charge >= 0.3 is 0 Å². The fourth-order valence-corrected chi connectivity index (χ4v) is 4.43. The molecule has 0 aromatic carbocycles. The van der Waals surface area contributed by atoms with Crippen LogP contribution in [0.3, 0.4) is 0 Å². The van der Waals surface area contributed by atoms with Crippen molar-refractivity contribution >= 4 is 0 Å². The van der Waals surface area contributed by atoms with Gasteiger partial charge in [-0.05, 0) is 40.9 Å². The van der Waals surface area contributed by atoms with Crippen LogP contribution in [0.2, 0.25) is 0 Å². The Morgan fingerprint density at radius 2 is 1.20 bits per heavy atom. The third-order valence-corrected chi connectivity index (χ3v) is 5.52. The predicted octanol–water partition coefficient (Wildman–Crippen LogP) is 4.99. The normalized spacial score (nSPS) is 39.4. The maximum Gasteiger partial charge on any atom is -0.0283 e. The summed E-state index contributed by atoms with van der Waals surface area (Å²) in [4.78, 5) is 0. The summed E-state index contributed by atoms with van der Waals surface area (Å²) in [5.41, 5.74) is 0.981. The van der Waals surface area contributed by atoms with Crippen LogP contribution in [0.5, 0.6) is 0 Å². The van der Waals surface area contributed by atoms with Crippen LogP contribution in [0.25, 0.3) is 0 Å². The minimum atomic E-state index is 0.490. The van der Waals surface area contributed by atoms with E-state index >= 15 is 0 Å². The molecule has 0 spiro atoms. The highest BCUT2D eigenvalue weighted by Crippen LogP contribution is 2.58. The van der Waals surface area contributed by atoms with E-state index in [4.69, 9.17) is 0 Å². The first-order chi connectivity index (χ1) is 6.61. The van der Waals surface area contributed by atoms with E-state index in [0.29, 0.717) is 10.8 Å². The zero-order chi connectivity index (χ0) is 12.0. The van der Waals surface area contributed by atoms with Gasteiger partial charge in [-0.15, -0.1) is 0 Å². The molecular formula is C15H30. The van der Waals surface area contributed by atoms with E-state index in [2.05, 4.69) is 55.4 Å². The van der Waals surface area contributed by atoms with E-state index in [-0.39, 0.29) is 0 Å². The van der Waals surface area contributed by atoms with E-state index in [9.17, 15) is 0 Å². The van der Waals surface area contributed by atoms with Crippen LogP contribution in [0, 0.1) is 34.5 Å². The third-order valence-electron chi connectivity index (χ3n) is 5.52. The van der Waals surface area contributed by atoms with Crippen LogP contribution >= 0.6 is 0 Å². The number of rotatable bonds is 1. The van der Waals surface area contributed by atoms with Crippen molar-refractivity contribution in [2.45, 2.75) is 61.8 Å². The molecule has 1 fully saturated rings. The second kappa shape index (κ2) is 3.79. The molecule has 1 aliphatic rings. The van der Waals surface area contributed by atoms with Crippen molar-refractivity contribution in [1.82, 2.24) is 0 Å². The van der Waals surface area contributed by atoms with Crippen molar-refractivity contribution in [3.63, 3.8) is 0 Å². The number of hydrogen-bond donors (Lipinski definition) is 0. The lowest BCUT2D eigenvalue weighted by molar-refractivity contribution is -0.0901. The van der Waals surface area contributed by atoms with Gasteiger partial charge in [-0.1, -0.05) is 55.4 Å². The minimum Gasteiger partial charge on any atom is -0.0625 e. The van der Waals surface area contributed by atoms with Crippen LogP contribution in [0.15, 0.2) is 0 Å². The summed E-state index contributed by atoms with van der Waals surface area (Å²) in [5.74, 6) is 3.34. The van der Waals surface area contributed by atoms with Gasteiger partial charge in [0.1, 0.15) is 0 Å². The Morgan fingerprint density at radius 3 is 1.47 bits per heavy atom. The Morgan fingerprint density at radius 1 is 0.867 bits per heavy atom. The molecule has 1 rings (SSSR count). The van der Waals surface area contributed by atoms with Gasteiger partial charge in [0.2, 0.25) is 0 Å². The van der Waals surface area contributed by atoms with E-state index in [1.807, 2.05) is 0 Å². The van der Waals surface area contributed by atoms with Crippen LogP contribution < -0.4 is 0 Å². The fourth-order valence-electron chi connectivity index (χ4n) is 4.43. The molecule has 0 N–H and O–H groups in total. The molecule has 0 aromatic heterocycles. The summed E-state index contributed by atoms with van der Waals surface area (Å²) in [7, 11) is 0. The van der Waals surface area contributed by atoms with Crippen LogP contribution in [-0.2, 0) is 0 Å². The Kier molecular flexibility index (Phi) is 3.30. The topological polar surface area (TPSA) is 0 Å². The van der Waals surface area contributed by atoms with Crippen LogP contribution in [0.4, 0.5) is 0 Å². The molecule has 0 bridgehead atoms. The van der Waals surface area contributed by atoms with Gasteiger partial charge < -0.3 is 0 Å². The first-order valence-electron chi connectivity index (χ1n) is 6.61. The Hall–Kier alpha value is 0. The van der Waals surface area contributed by atoms with Gasteiger partial charge in [0.05, 0.1) is 0 Å². The highest BCUT2D eigenvalue weighted by molar-refractivity contribution is 5.00. The van der Waals surface area contributed by atoms with Gasteiger partial charge in [0.25, 0.3) is 0 Å². The lowest BCUT2D eigenvalue weighted by Crippen LogP contribution is -2.51. The molecular weight excluding hydrogens is 180 g/mol. The lowest BCUT2D eigenvalue weighted by Gasteiger charge is -2.58. The predicted molar refractivity (Wildman–Crippen MR) is 68.8 cm³/mol. The molecule has 0 aromatic rings. The molecule has 90 valence electrons. The SMILES string of the molecule is CC(C)C1C(C)(C)C(C)CC(C)C1(C)C. The smallest absolute Gasteiger partial charge is 0.0283 e. The fraction of sp³-hybridized carbons (Fsp3) is 1.00. The summed E-state index contributed by atoms with van der Waals surface area (Å²) >= 11 is 0. The van der Waals surface area contributed by atoms with E-state index in [1.54, 1.807) is 0 Å². The summed E-state index contributed by atoms with van der Waals surface area (Å²) in [6.07, 6.45) is 1.39. The largest absolute Gasteiger partial charge is 0.0625 e. The van der Waals surface area contributed by atoms with Crippen LogP contribution in [0.1, 0.15) is 61.8 Å². The summed E-state index contributed by atoms with van der Waals surface area (Å²) in [5, 5.41) is 0. The molecule has 1 saturated carbocycles. The summed E-state index contributed by atoms with van der Waals surface area (Å²) in [6, 6.07) is 0. The summed E-state index contributed by atoms with van der Waals surface area (Å²) in [6.45, 7) is 19.6. The van der Waals surface area contributed by atoms with Gasteiger partial charge in [-0.25, -0.2) is 0 Å². The van der Waals surface area contributed by atoms with Gasteiger partial charge in [-0.3, -0.25) is 0 Å². The van der Waals surface area contributed by atoms with Crippen molar-refractivity contribution in [2.24, 2.45) is 34.5 Å². The maximum atomic E-state index is 2.48. The van der Waals surface area contributed by atoms with E-state index < -0.39 is 0 Å². The number of hydrogen-bond acceptors (Lipinski definition) is 0. The highest BCUT2D eigenvalue weighted by atomic mass is 14.6. The lowest BCUT2D eigenvalue weighted by atomic mass is 9.47. The molecule has 15 heavy (non-hydrogen) atoms. The first-order valence-corrected chi connectivity index (χ1v) is 6.61. The zero-order valence-corrected chi connectivity index (χ0v) is 12.0. The minimum absolute atomic E-state index is 0.490. The van der Waals surface area contributed by atoms with Crippen molar-refractivity contribution in [2.75, 3.05) is 0 Å². The van der Waals surface area contributed by atoms with Gasteiger partial charge in [-0.2, -0.15) is 0 Å². The molecule has 0 nitrogen and oxygen atoms in total. The molecule has 2 unspecified atom stereocenters. The molecule has 1 aliphatic carbocycles. The molecule has 2 atom stereocenters. The quantitative estimate of drug-likeness (QED) is 0.572. The van der Waals surface area contributed by atoms with Gasteiger partial charge in [0, 0.05) is 0 Å². The molecule has 0 heterocycles. The maximum absolute atomic E-state index is 2.48. The molecule has 0 heteroatoms. The second-order valence-electron chi connectivity index (χ2n) is 7.40. The second-order valence-corrected chi connectivity index (χ2v) is 7.40. The van der Waals surface area contributed by atoms with Crippen molar-refractivity contribution in [3.8, 4) is 0 Å².